The third-order valence-electron chi connectivity index (χ3n) is 3.65. The first-order chi connectivity index (χ1) is 12.4. The highest BCUT2D eigenvalue weighted by molar-refractivity contribution is 6.31. The van der Waals surface area contributed by atoms with Gasteiger partial charge in [0.2, 0.25) is 0 Å². The van der Waals surface area contributed by atoms with Gasteiger partial charge >= 0.3 is 0 Å². The highest BCUT2D eigenvalue weighted by Gasteiger charge is 2.14. The number of anilines is 2. The molecular formula is C18H15ClN4O3. The van der Waals surface area contributed by atoms with Crippen LogP contribution in [-0.2, 0) is 0 Å². The Morgan fingerprint density at radius 3 is 2.38 bits per heavy atom. The second-order valence-corrected chi connectivity index (χ2v) is 6.01. The van der Waals surface area contributed by atoms with E-state index in [9.17, 15) is 9.59 Å². The number of carbonyl (C=O) groups excluding carboxylic acids is 2. The Hall–Kier alpha value is -3.19. The molecule has 0 aliphatic rings. The van der Waals surface area contributed by atoms with Crippen LogP contribution in [0.3, 0.4) is 0 Å². The molecule has 0 fully saturated rings. The molecule has 0 aliphatic carbocycles. The SMILES string of the molecule is Cc1cc(NC(=O)c2cncc(C(=O)Nc3cccc(Cl)c3C)c2)no1. The van der Waals surface area contributed by atoms with Crippen molar-refractivity contribution in [3.8, 4) is 0 Å². The summed E-state index contributed by atoms with van der Waals surface area (Å²) in [5, 5.41) is 9.59. The molecule has 2 aromatic heterocycles. The summed E-state index contributed by atoms with van der Waals surface area (Å²) in [6, 6.07) is 8.27. The molecule has 1 aromatic carbocycles. The van der Waals surface area contributed by atoms with Gasteiger partial charge in [0.15, 0.2) is 5.82 Å². The zero-order valence-electron chi connectivity index (χ0n) is 14.0. The predicted molar refractivity (Wildman–Crippen MR) is 97.6 cm³/mol. The normalized spacial score (nSPS) is 10.4. The van der Waals surface area contributed by atoms with Crippen molar-refractivity contribution in [2.45, 2.75) is 13.8 Å². The van der Waals surface area contributed by atoms with E-state index in [1.54, 1.807) is 38.1 Å². The number of benzene rings is 1. The molecule has 2 heterocycles. The van der Waals surface area contributed by atoms with Crippen LogP contribution in [0.25, 0.3) is 0 Å². The molecule has 0 aliphatic heterocycles. The van der Waals surface area contributed by atoms with Gasteiger partial charge in [0.05, 0.1) is 11.1 Å². The highest BCUT2D eigenvalue weighted by Crippen LogP contribution is 2.23. The first-order valence-electron chi connectivity index (χ1n) is 7.70. The Bertz CT molecular complexity index is 984. The summed E-state index contributed by atoms with van der Waals surface area (Å²) in [6.45, 7) is 3.52. The van der Waals surface area contributed by atoms with Crippen molar-refractivity contribution in [1.29, 1.82) is 0 Å². The molecule has 0 unspecified atom stereocenters. The molecule has 3 aromatic rings. The van der Waals surface area contributed by atoms with Crippen LogP contribution in [0.2, 0.25) is 5.02 Å². The second kappa shape index (κ2) is 7.37. The van der Waals surface area contributed by atoms with E-state index in [4.69, 9.17) is 16.1 Å². The largest absolute Gasteiger partial charge is 0.360 e. The van der Waals surface area contributed by atoms with Crippen LogP contribution in [-0.4, -0.2) is 22.0 Å². The summed E-state index contributed by atoms with van der Waals surface area (Å²) in [5.74, 6) is 0.0227. The van der Waals surface area contributed by atoms with Gasteiger partial charge in [-0.3, -0.25) is 14.6 Å². The van der Waals surface area contributed by atoms with Crippen LogP contribution in [0.5, 0.6) is 0 Å². The molecule has 3 rings (SSSR count). The summed E-state index contributed by atoms with van der Waals surface area (Å²) >= 11 is 6.06. The van der Waals surface area contributed by atoms with Gasteiger partial charge in [-0.05, 0) is 37.6 Å². The van der Waals surface area contributed by atoms with Crippen molar-refractivity contribution in [3.05, 3.63) is 70.2 Å². The van der Waals surface area contributed by atoms with Gasteiger partial charge in [0.25, 0.3) is 11.8 Å². The second-order valence-electron chi connectivity index (χ2n) is 5.61. The van der Waals surface area contributed by atoms with Crippen molar-refractivity contribution in [1.82, 2.24) is 10.1 Å². The Balaban J connectivity index is 1.76. The molecule has 0 spiro atoms. The Morgan fingerprint density at radius 1 is 1.04 bits per heavy atom. The van der Waals surface area contributed by atoms with Crippen molar-refractivity contribution < 1.29 is 14.1 Å². The maximum atomic E-state index is 12.5. The summed E-state index contributed by atoms with van der Waals surface area (Å²) in [4.78, 5) is 28.7. The van der Waals surface area contributed by atoms with Gasteiger partial charge in [0.1, 0.15) is 5.76 Å². The molecular weight excluding hydrogens is 356 g/mol. The number of amides is 2. The van der Waals surface area contributed by atoms with Crippen LogP contribution in [0.15, 0.2) is 47.2 Å². The zero-order chi connectivity index (χ0) is 18.7. The van der Waals surface area contributed by atoms with E-state index in [0.29, 0.717) is 16.5 Å². The number of hydrogen-bond donors (Lipinski definition) is 2. The average Bonchev–Trinajstić information content (AvgIpc) is 3.03. The van der Waals surface area contributed by atoms with E-state index < -0.39 is 11.8 Å². The molecule has 132 valence electrons. The minimum atomic E-state index is -0.445. The number of hydrogen-bond acceptors (Lipinski definition) is 5. The van der Waals surface area contributed by atoms with Gasteiger partial charge in [0, 0.05) is 29.2 Å². The van der Waals surface area contributed by atoms with Crippen molar-refractivity contribution >= 4 is 34.9 Å². The molecule has 8 heteroatoms. The number of carbonyl (C=O) groups is 2. The molecule has 2 amide bonds. The zero-order valence-corrected chi connectivity index (χ0v) is 14.8. The third-order valence-corrected chi connectivity index (χ3v) is 4.06. The smallest absolute Gasteiger partial charge is 0.258 e. The number of rotatable bonds is 4. The first kappa shape index (κ1) is 17.6. The highest BCUT2D eigenvalue weighted by atomic mass is 35.5. The molecule has 0 bridgehead atoms. The molecule has 0 saturated carbocycles. The van der Waals surface area contributed by atoms with Crippen LogP contribution < -0.4 is 10.6 Å². The van der Waals surface area contributed by atoms with Crippen molar-refractivity contribution in [2.24, 2.45) is 0 Å². The van der Waals surface area contributed by atoms with E-state index in [0.717, 1.165) is 5.56 Å². The molecule has 0 atom stereocenters. The van der Waals surface area contributed by atoms with E-state index in [1.807, 2.05) is 0 Å². The fraction of sp³-hybridized carbons (Fsp3) is 0.111. The van der Waals surface area contributed by atoms with E-state index in [1.165, 1.54) is 18.5 Å². The molecule has 26 heavy (non-hydrogen) atoms. The van der Waals surface area contributed by atoms with Gasteiger partial charge in [-0.1, -0.05) is 22.8 Å². The lowest BCUT2D eigenvalue weighted by atomic mass is 10.1. The summed E-state index contributed by atoms with van der Waals surface area (Å²) in [6.07, 6.45) is 2.75. The van der Waals surface area contributed by atoms with Gasteiger partial charge in [-0.25, -0.2) is 0 Å². The average molecular weight is 371 g/mol. The number of pyridine rings is 1. The topological polar surface area (TPSA) is 97.1 Å². The fourth-order valence-electron chi connectivity index (χ4n) is 2.24. The maximum absolute atomic E-state index is 12.5. The van der Waals surface area contributed by atoms with Crippen molar-refractivity contribution in [3.63, 3.8) is 0 Å². The number of aromatic nitrogens is 2. The summed E-state index contributed by atoms with van der Waals surface area (Å²) in [5.41, 5.74) is 1.82. The van der Waals surface area contributed by atoms with Crippen molar-refractivity contribution in [2.75, 3.05) is 10.6 Å². The monoisotopic (exact) mass is 370 g/mol. The lowest BCUT2D eigenvalue weighted by molar-refractivity contribution is 0.102. The number of nitrogens with zero attached hydrogens (tertiary/aromatic N) is 2. The Labute approximate surface area is 154 Å². The standard InChI is InChI=1S/C18H15ClN4O3/c1-10-6-16(23-26-10)22-18(25)13-7-12(8-20-9-13)17(24)21-15-5-3-4-14(19)11(15)2/h3-9H,1-2H3,(H,21,24)(H,22,23,25). The molecule has 7 nitrogen and oxygen atoms in total. The lowest BCUT2D eigenvalue weighted by Gasteiger charge is -2.10. The predicted octanol–water partition coefficient (Wildman–Crippen LogP) is 3.84. The number of nitrogens with one attached hydrogen (secondary N) is 2. The third kappa shape index (κ3) is 3.89. The summed E-state index contributed by atoms with van der Waals surface area (Å²) in [7, 11) is 0. The molecule has 0 radical (unpaired) electrons. The molecule has 2 N–H and O–H groups in total. The van der Waals surface area contributed by atoms with Crippen LogP contribution in [0.4, 0.5) is 11.5 Å². The van der Waals surface area contributed by atoms with Gasteiger partial charge in [-0.15, -0.1) is 0 Å². The van der Waals surface area contributed by atoms with Gasteiger partial charge in [-0.2, -0.15) is 0 Å². The number of aryl methyl sites for hydroxylation is 1. The lowest BCUT2D eigenvalue weighted by Crippen LogP contribution is -2.16. The minimum absolute atomic E-state index is 0.223. The Kier molecular flexibility index (Phi) is 4.99. The minimum Gasteiger partial charge on any atom is -0.360 e. The van der Waals surface area contributed by atoms with Crippen LogP contribution in [0, 0.1) is 13.8 Å². The van der Waals surface area contributed by atoms with E-state index in [-0.39, 0.29) is 16.9 Å². The van der Waals surface area contributed by atoms with E-state index in [2.05, 4.69) is 20.8 Å². The van der Waals surface area contributed by atoms with Gasteiger partial charge < -0.3 is 15.2 Å². The maximum Gasteiger partial charge on any atom is 0.258 e. The van der Waals surface area contributed by atoms with E-state index >= 15 is 0 Å². The number of halogens is 1. The van der Waals surface area contributed by atoms with Crippen LogP contribution in [0.1, 0.15) is 32.0 Å². The Morgan fingerprint density at radius 2 is 1.73 bits per heavy atom. The summed E-state index contributed by atoms with van der Waals surface area (Å²) < 4.78 is 4.90. The molecule has 0 saturated heterocycles. The first-order valence-corrected chi connectivity index (χ1v) is 8.08. The van der Waals surface area contributed by atoms with Crippen LogP contribution >= 0.6 is 11.6 Å². The fourth-order valence-corrected chi connectivity index (χ4v) is 2.41. The quantitative estimate of drug-likeness (QED) is 0.727.